The molecule has 1 atom stereocenters. The molecule has 3 N–H and O–H groups in total. The fourth-order valence-corrected chi connectivity index (χ4v) is 4.12. The van der Waals surface area contributed by atoms with Crippen molar-refractivity contribution in [2.45, 2.75) is 18.0 Å². The molecule has 3 aromatic carbocycles. The average molecular weight is 359 g/mol. The Labute approximate surface area is 158 Å². The number of carbonyl (C=O) groups is 1. The molecule has 0 radical (unpaired) electrons. The largest absolute Gasteiger partial charge is 0.480 e. The van der Waals surface area contributed by atoms with Crippen LogP contribution in [-0.2, 0) is 10.3 Å². The predicted molar refractivity (Wildman–Crippen MR) is 104 cm³/mol. The molecule has 1 aliphatic rings. The van der Waals surface area contributed by atoms with Gasteiger partial charge in [0.2, 0.25) is 0 Å². The molecule has 0 heterocycles. The van der Waals surface area contributed by atoms with Crippen LogP contribution in [0, 0.1) is 0 Å². The number of carboxylic acid groups (broad SMARTS) is 1. The monoisotopic (exact) mass is 359 g/mol. The SMILES string of the molecule is O=C(O)C(CCO)NC1(c2ccccc2)c2ccccc2-c2ccccc21. The van der Waals surface area contributed by atoms with Crippen molar-refractivity contribution < 1.29 is 15.0 Å². The van der Waals surface area contributed by atoms with Crippen molar-refractivity contribution in [2.75, 3.05) is 6.61 Å². The van der Waals surface area contributed by atoms with Crippen molar-refractivity contribution in [3.8, 4) is 11.1 Å². The number of hydrogen-bond acceptors (Lipinski definition) is 3. The molecule has 0 saturated heterocycles. The maximum absolute atomic E-state index is 11.9. The fourth-order valence-electron chi connectivity index (χ4n) is 4.12. The van der Waals surface area contributed by atoms with Crippen molar-refractivity contribution in [2.24, 2.45) is 0 Å². The van der Waals surface area contributed by atoms with Gasteiger partial charge in [-0.05, 0) is 34.2 Å². The topological polar surface area (TPSA) is 69.6 Å². The van der Waals surface area contributed by atoms with Crippen LogP contribution in [0.1, 0.15) is 23.1 Å². The number of hydrogen-bond donors (Lipinski definition) is 3. The third-order valence-corrected chi connectivity index (χ3v) is 5.27. The quantitative estimate of drug-likeness (QED) is 0.631. The summed E-state index contributed by atoms with van der Waals surface area (Å²) in [6.45, 7) is -0.196. The van der Waals surface area contributed by atoms with E-state index in [2.05, 4.69) is 17.4 Å². The van der Waals surface area contributed by atoms with Crippen LogP contribution in [0.4, 0.5) is 0 Å². The summed E-state index contributed by atoms with van der Waals surface area (Å²) in [5, 5.41) is 22.5. The van der Waals surface area contributed by atoms with Gasteiger partial charge in [-0.3, -0.25) is 10.1 Å². The molecule has 0 amide bonds. The minimum atomic E-state index is -0.971. The summed E-state index contributed by atoms with van der Waals surface area (Å²) in [5.74, 6) is -0.971. The lowest BCUT2D eigenvalue weighted by Crippen LogP contribution is -2.51. The van der Waals surface area contributed by atoms with E-state index in [1.165, 1.54) is 0 Å². The summed E-state index contributed by atoms with van der Waals surface area (Å²) in [4.78, 5) is 11.9. The molecule has 1 aliphatic carbocycles. The second-order valence-corrected chi connectivity index (χ2v) is 6.75. The summed E-state index contributed by atoms with van der Waals surface area (Å²) < 4.78 is 0. The number of fused-ring (bicyclic) bond motifs is 3. The van der Waals surface area contributed by atoms with E-state index in [0.29, 0.717) is 0 Å². The lowest BCUT2D eigenvalue weighted by Gasteiger charge is -2.36. The fraction of sp³-hybridized carbons (Fsp3) is 0.174. The van der Waals surface area contributed by atoms with E-state index in [1.54, 1.807) is 0 Å². The van der Waals surface area contributed by atoms with Crippen LogP contribution in [0.25, 0.3) is 11.1 Å². The van der Waals surface area contributed by atoms with Gasteiger partial charge in [0.25, 0.3) is 0 Å². The van der Waals surface area contributed by atoms with Crippen LogP contribution in [0.15, 0.2) is 78.9 Å². The Bertz CT molecular complexity index is 923. The van der Waals surface area contributed by atoms with E-state index in [-0.39, 0.29) is 13.0 Å². The molecule has 0 saturated carbocycles. The zero-order valence-electron chi connectivity index (χ0n) is 14.8. The molecule has 0 aliphatic heterocycles. The van der Waals surface area contributed by atoms with Gasteiger partial charge in [-0.2, -0.15) is 0 Å². The lowest BCUT2D eigenvalue weighted by atomic mass is 9.80. The van der Waals surface area contributed by atoms with Crippen molar-refractivity contribution in [1.82, 2.24) is 5.32 Å². The molecule has 0 fully saturated rings. The highest BCUT2D eigenvalue weighted by atomic mass is 16.4. The molecule has 27 heavy (non-hydrogen) atoms. The standard InChI is InChI=1S/C23H21NO3/c25-15-14-21(22(26)27)24-23(16-8-2-1-3-9-16)19-12-6-4-10-17(19)18-11-5-7-13-20(18)23/h1-13,21,24-25H,14-15H2,(H,26,27). The van der Waals surface area contributed by atoms with Crippen LogP contribution in [0.2, 0.25) is 0 Å². The van der Waals surface area contributed by atoms with Gasteiger partial charge < -0.3 is 10.2 Å². The number of benzene rings is 3. The predicted octanol–water partition coefficient (Wildman–Crippen LogP) is 3.38. The molecular weight excluding hydrogens is 338 g/mol. The lowest BCUT2D eigenvalue weighted by molar-refractivity contribution is -0.140. The molecule has 4 nitrogen and oxygen atoms in total. The molecule has 4 rings (SSSR count). The van der Waals surface area contributed by atoms with Crippen LogP contribution >= 0.6 is 0 Å². The van der Waals surface area contributed by atoms with E-state index in [1.807, 2.05) is 66.7 Å². The normalized spacial score (nSPS) is 15.0. The maximum Gasteiger partial charge on any atom is 0.320 e. The van der Waals surface area contributed by atoms with Crippen LogP contribution < -0.4 is 5.32 Å². The third-order valence-electron chi connectivity index (χ3n) is 5.27. The molecular formula is C23H21NO3. The van der Waals surface area contributed by atoms with E-state index in [4.69, 9.17) is 0 Å². The Kier molecular flexibility index (Phi) is 4.52. The second kappa shape index (κ2) is 6.99. The zero-order valence-corrected chi connectivity index (χ0v) is 14.8. The summed E-state index contributed by atoms with van der Waals surface area (Å²) >= 11 is 0. The van der Waals surface area contributed by atoms with Gasteiger partial charge >= 0.3 is 5.97 Å². The highest BCUT2D eigenvalue weighted by Crippen LogP contribution is 2.51. The molecule has 136 valence electrons. The Morgan fingerprint density at radius 2 is 1.37 bits per heavy atom. The van der Waals surface area contributed by atoms with Crippen molar-refractivity contribution in [3.05, 3.63) is 95.6 Å². The van der Waals surface area contributed by atoms with Crippen LogP contribution in [0.5, 0.6) is 0 Å². The molecule has 0 bridgehead atoms. The molecule has 3 aromatic rings. The van der Waals surface area contributed by atoms with Gasteiger partial charge in [-0.15, -0.1) is 0 Å². The van der Waals surface area contributed by atoms with E-state index in [0.717, 1.165) is 27.8 Å². The maximum atomic E-state index is 11.9. The first kappa shape index (κ1) is 17.5. The minimum absolute atomic E-state index is 0.133. The summed E-state index contributed by atoms with van der Waals surface area (Å²) in [5.41, 5.74) is 4.44. The first-order valence-electron chi connectivity index (χ1n) is 9.04. The number of nitrogens with one attached hydrogen (secondary N) is 1. The zero-order chi connectivity index (χ0) is 18.9. The number of aliphatic hydroxyl groups excluding tert-OH is 1. The van der Waals surface area contributed by atoms with Crippen LogP contribution in [0.3, 0.4) is 0 Å². The Morgan fingerprint density at radius 1 is 0.852 bits per heavy atom. The van der Waals surface area contributed by atoms with Crippen LogP contribution in [-0.4, -0.2) is 28.8 Å². The van der Waals surface area contributed by atoms with Gasteiger partial charge in [0.05, 0.1) is 5.54 Å². The number of carboxylic acids is 1. The van der Waals surface area contributed by atoms with Gasteiger partial charge in [-0.1, -0.05) is 78.9 Å². The molecule has 0 aromatic heterocycles. The third kappa shape index (κ3) is 2.74. The first-order valence-corrected chi connectivity index (χ1v) is 9.04. The smallest absolute Gasteiger partial charge is 0.320 e. The van der Waals surface area contributed by atoms with E-state index < -0.39 is 17.6 Å². The Hall–Kier alpha value is -2.95. The highest BCUT2D eigenvalue weighted by molar-refractivity contribution is 5.84. The molecule has 1 unspecified atom stereocenters. The van der Waals surface area contributed by atoms with Gasteiger partial charge in [0, 0.05) is 6.61 Å². The average Bonchev–Trinajstić information content (AvgIpc) is 3.00. The van der Waals surface area contributed by atoms with Gasteiger partial charge in [-0.25, -0.2) is 0 Å². The Morgan fingerprint density at radius 3 is 1.89 bits per heavy atom. The Balaban J connectivity index is 2.01. The number of aliphatic hydroxyl groups is 1. The van der Waals surface area contributed by atoms with Gasteiger partial charge in [0.15, 0.2) is 0 Å². The van der Waals surface area contributed by atoms with Gasteiger partial charge in [0.1, 0.15) is 6.04 Å². The van der Waals surface area contributed by atoms with Crippen molar-refractivity contribution in [3.63, 3.8) is 0 Å². The summed E-state index contributed by atoms with van der Waals surface area (Å²) in [6.07, 6.45) is 0.133. The van der Waals surface area contributed by atoms with Crippen molar-refractivity contribution >= 4 is 5.97 Å². The van der Waals surface area contributed by atoms with Crippen molar-refractivity contribution in [1.29, 1.82) is 0 Å². The van der Waals surface area contributed by atoms with E-state index >= 15 is 0 Å². The summed E-state index contributed by atoms with van der Waals surface area (Å²) in [7, 11) is 0. The number of rotatable bonds is 6. The minimum Gasteiger partial charge on any atom is -0.480 e. The molecule has 0 spiro atoms. The summed E-state index contributed by atoms with van der Waals surface area (Å²) in [6, 6.07) is 25.2. The molecule has 4 heteroatoms. The first-order chi connectivity index (χ1) is 13.2. The number of aliphatic carboxylic acids is 1. The second-order valence-electron chi connectivity index (χ2n) is 6.75. The highest BCUT2D eigenvalue weighted by Gasteiger charge is 2.46. The van der Waals surface area contributed by atoms with E-state index in [9.17, 15) is 15.0 Å².